The topological polar surface area (TPSA) is 36.4 Å². The lowest BCUT2D eigenvalue weighted by molar-refractivity contribution is 0.225. The van der Waals surface area contributed by atoms with E-state index in [0.717, 1.165) is 24.3 Å². The van der Waals surface area contributed by atoms with E-state index in [9.17, 15) is 4.79 Å². The number of amides is 2. The highest BCUT2D eigenvalue weighted by Crippen LogP contribution is 2.19. The van der Waals surface area contributed by atoms with Crippen molar-refractivity contribution in [3.8, 4) is 0 Å². The van der Waals surface area contributed by atoms with Gasteiger partial charge in [-0.15, -0.1) is 0 Å². The molecule has 0 unspecified atom stereocenters. The molecule has 0 spiro atoms. The molecule has 1 aromatic heterocycles. The van der Waals surface area contributed by atoms with E-state index < -0.39 is 0 Å². The summed E-state index contributed by atoms with van der Waals surface area (Å²) >= 11 is 0. The van der Waals surface area contributed by atoms with E-state index in [2.05, 4.69) is 4.98 Å². The Hall–Kier alpha value is -2.62. The van der Waals surface area contributed by atoms with Crippen LogP contribution in [0.1, 0.15) is 5.56 Å². The molecule has 2 heterocycles. The molecule has 1 saturated heterocycles. The first-order valence-electron chi connectivity index (χ1n) is 7.02. The van der Waals surface area contributed by atoms with E-state index in [1.54, 1.807) is 17.3 Å². The zero-order valence-corrected chi connectivity index (χ0v) is 11.7. The molecule has 0 radical (unpaired) electrons. The zero-order chi connectivity index (χ0) is 14.5. The second-order valence-corrected chi connectivity index (χ2v) is 4.90. The Bertz CT molecular complexity index is 625. The number of anilines is 1. The molecule has 4 heteroatoms. The minimum Gasteiger partial charge on any atom is -0.319 e. The van der Waals surface area contributed by atoms with Crippen molar-refractivity contribution in [2.24, 2.45) is 0 Å². The number of hydrogen-bond acceptors (Lipinski definition) is 2. The second kappa shape index (κ2) is 6.22. The van der Waals surface area contributed by atoms with Crippen molar-refractivity contribution in [2.45, 2.75) is 0 Å². The van der Waals surface area contributed by atoms with Crippen LogP contribution in [-0.2, 0) is 0 Å². The molecule has 0 bridgehead atoms. The molecule has 2 amide bonds. The molecule has 0 atom stereocenters. The van der Waals surface area contributed by atoms with Crippen LogP contribution in [0.15, 0.2) is 60.9 Å². The van der Waals surface area contributed by atoms with Crippen LogP contribution >= 0.6 is 0 Å². The summed E-state index contributed by atoms with van der Waals surface area (Å²) in [4.78, 5) is 20.0. The number of pyridine rings is 1. The normalized spacial score (nSPS) is 15.1. The average Bonchev–Trinajstić information content (AvgIpc) is 2.90. The van der Waals surface area contributed by atoms with Crippen LogP contribution in [0.5, 0.6) is 0 Å². The standard InChI is InChI=1S/C17H17N3O/c21-17-19(12-4-7-15-5-2-1-3-6-15)13-14-20(17)16-8-10-18-11-9-16/h1-11H,12-14H2. The molecule has 4 nitrogen and oxygen atoms in total. The van der Waals surface area contributed by atoms with Gasteiger partial charge in [-0.25, -0.2) is 4.79 Å². The molecule has 1 fully saturated rings. The van der Waals surface area contributed by atoms with Crippen molar-refractivity contribution in [1.82, 2.24) is 9.88 Å². The average molecular weight is 279 g/mol. The van der Waals surface area contributed by atoms with Gasteiger partial charge in [-0.05, 0) is 17.7 Å². The summed E-state index contributed by atoms with van der Waals surface area (Å²) in [5.74, 6) is 0. The lowest BCUT2D eigenvalue weighted by atomic mass is 10.2. The Morgan fingerprint density at radius 2 is 1.81 bits per heavy atom. The lowest BCUT2D eigenvalue weighted by Gasteiger charge is -2.17. The number of benzene rings is 1. The first-order chi connectivity index (χ1) is 10.3. The van der Waals surface area contributed by atoms with Crippen molar-refractivity contribution in [1.29, 1.82) is 0 Å². The van der Waals surface area contributed by atoms with Gasteiger partial charge in [0.2, 0.25) is 0 Å². The van der Waals surface area contributed by atoms with Gasteiger partial charge in [0.1, 0.15) is 0 Å². The Morgan fingerprint density at radius 1 is 1.05 bits per heavy atom. The van der Waals surface area contributed by atoms with Gasteiger partial charge in [0, 0.05) is 37.7 Å². The van der Waals surface area contributed by atoms with Gasteiger partial charge in [0.05, 0.1) is 0 Å². The fourth-order valence-electron chi connectivity index (χ4n) is 2.40. The number of nitrogens with zero attached hydrogens (tertiary/aromatic N) is 3. The Balaban J connectivity index is 1.61. The minimum atomic E-state index is 0.0545. The summed E-state index contributed by atoms with van der Waals surface area (Å²) in [5, 5.41) is 0. The largest absolute Gasteiger partial charge is 0.324 e. The summed E-state index contributed by atoms with van der Waals surface area (Å²) in [6.45, 7) is 2.11. The SMILES string of the molecule is O=C1N(CC=Cc2ccccc2)CCN1c1ccncc1. The van der Waals surface area contributed by atoms with Gasteiger partial charge in [-0.2, -0.15) is 0 Å². The monoisotopic (exact) mass is 279 g/mol. The van der Waals surface area contributed by atoms with E-state index in [-0.39, 0.29) is 6.03 Å². The van der Waals surface area contributed by atoms with E-state index in [1.165, 1.54) is 0 Å². The van der Waals surface area contributed by atoms with E-state index >= 15 is 0 Å². The molecule has 1 aliphatic heterocycles. The maximum absolute atomic E-state index is 12.3. The van der Waals surface area contributed by atoms with Crippen LogP contribution in [0.2, 0.25) is 0 Å². The Labute approximate surface area is 124 Å². The van der Waals surface area contributed by atoms with E-state index in [1.807, 2.05) is 59.5 Å². The van der Waals surface area contributed by atoms with Crippen LogP contribution in [0, 0.1) is 0 Å². The first kappa shape index (κ1) is 13.4. The Morgan fingerprint density at radius 3 is 2.57 bits per heavy atom. The molecule has 0 aliphatic carbocycles. The number of hydrogen-bond donors (Lipinski definition) is 0. The van der Waals surface area contributed by atoms with Crippen LogP contribution < -0.4 is 4.90 Å². The molecule has 21 heavy (non-hydrogen) atoms. The first-order valence-corrected chi connectivity index (χ1v) is 7.02. The summed E-state index contributed by atoms with van der Waals surface area (Å²) in [6, 6.07) is 13.9. The third-order valence-corrected chi connectivity index (χ3v) is 3.51. The molecule has 1 aliphatic rings. The lowest BCUT2D eigenvalue weighted by Crippen LogP contribution is -2.31. The van der Waals surface area contributed by atoms with E-state index in [0.29, 0.717) is 6.54 Å². The van der Waals surface area contributed by atoms with E-state index in [4.69, 9.17) is 0 Å². The molecular weight excluding hydrogens is 262 g/mol. The highest BCUT2D eigenvalue weighted by Gasteiger charge is 2.28. The molecule has 2 aromatic rings. The van der Waals surface area contributed by atoms with Gasteiger partial charge in [0.15, 0.2) is 0 Å². The van der Waals surface area contributed by atoms with Crippen LogP contribution in [-0.4, -0.2) is 35.5 Å². The minimum absolute atomic E-state index is 0.0545. The van der Waals surface area contributed by atoms with Crippen LogP contribution in [0.4, 0.5) is 10.5 Å². The van der Waals surface area contributed by atoms with Gasteiger partial charge < -0.3 is 4.90 Å². The van der Waals surface area contributed by atoms with Gasteiger partial charge >= 0.3 is 6.03 Å². The second-order valence-electron chi connectivity index (χ2n) is 4.90. The molecule has 106 valence electrons. The van der Waals surface area contributed by atoms with Crippen molar-refractivity contribution in [2.75, 3.05) is 24.5 Å². The van der Waals surface area contributed by atoms with Crippen molar-refractivity contribution >= 4 is 17.8 Å². The predicted octanol–water partition coefficient (Wildman–Crippen LogP) is 3.04. The Kier molecular flexibility index (Phi) is 3.96. The molecular formula is C17H17N3O. The van der Waals surface area contributed by atoms with Gasteiger partial charge in [-0.3, -0.25) is 9.88 Å². The predicted molar refractivity (Wildman–Crippen MR) is 84.0 cm³/mol. The highest BCUT2D eigenvalue weighted by atomic mass is 16.2. The summed E-state index contributed by atoms with van der Waals surface area (Å²) < 4.78 is 0. The van der Waals surface area contributed by atoms with Gasteiger partial charge in [0.25, 0.3) is 0 Å². The third-order valence-electron chi connectivity index (χ3n) is 3.51. The smallest absolute Gasteiger partial charge is 0.319 e. The molecule has 1 aromatic carbocycles. The van der Waals surface area contributed by atoms with Crippen molar-refractivity contribution in [3.05, 3.63) is 66.5 Å². The molecule has 3 rings (SSSR count). The summed E-state index contributed by atoms with van der Waals surface area (Å²) in [5.41, 5.74) is 2.06. The fraction of sp³-hybridized carbons (Fsp3) is 0.176. The zero-order valence-electron chi connectivity index (χ0n) is 11.7. The maximum Gasteiger partial charge on any atom is 0.324 e. The number of carbonyl (C=O) groups is 1. The van der Waals surface area contributed by atoms with Crippen molar-refractivity contribution < 1.29 is 4.79 Å². The number of aromatic nitrogens is 1. The van der Waals surface area contributed by atoms with Gasteiger partial charge in [-0.1, -0.05) is 42.5 Å². The summed E-state index contributed by atoms with van der Waals surface area (Å²) in [7, 11) is 0. The van der Waals surface area contributed by atoms with Crippen LogP contribution in [0.3, 0.4) is 0 Å². The number of urea groups is 1. The molecule has 0 saturated carbocycles. The quantitative estimate of drug-likeness (QED) is 0.862. The molecule has 0 N–H and O–H groups in total. The van der Waals surface area contributed by atoms with Crippen LogP contribution in [0.25, 0.3) is 6.08 Å². The fourth-order valence-corrected chi connectivity index (χ4v) is 2.40. The van der Waals surface area contributed by atoms with Crippen molar-refractivity contribution in [3.63, 3.8) is 0 Å². The third kappa shape index (κ3) is 3.11. The maximum atomic E-state index is 12.3. The number of carbonyl (C=O) groups excluding carboxylic acids is 1. The number of rotatable bonds is 4. The highest BCUT2D eigenvalue weighted by molar-refractivity contribution is 5.94. The summed E-state index contributed by atoms with van der Waals surface area (Å²) in [6.07, 6.45) is 7.49.